The number of aromatic nitrogens is 1. The van der Waals surface area contributed by atoms with Crippen LogP contribution < -0.4 is 5.32 Å². The van der Waals surface area contributed by atoms with Gasteiger partial charge < -0.3 is 15.0 Å². The molecule has 3 heteroatoms. The second-order valence-electron chi connectivity index (χ2n) is 3.24. The molecule has 0 unspecified atom stereocenters. The summed E-state index contributed by atoms with van der Waals surface area (Å²) >= 11 is 0. The molecule has 0 amide bonds. The number of aryl methyl sites for hydroxylation is 2. The van der Waals surface area contributed by atoms with Crippen LogP contribution in [-0.2, 0) is 6.54 Å². The number of rotatable bonds is 5. The van der Waals surface area contributed by atoms with E-state index in [-0.39, 0.29) is 6.61 Å². The second kappa shape index (κ2) is 5.04. The molecule has 1 heterocycles. The van der Waals surface area contributed by atoms with Crippen molar-refractivity contribution in [1.29, 1.82) is 0 Å². The van der Waals surface area contributed by atoms with E-state index in [4.69, 9.17) is 5.11 Å². The minimum Gasteiger partial charge on any atom is -0.395 e. The normalized spacial score (nSPS) is 10.7. The molecule has 13 heavy (non-hydrogen) atoms. The number of hydrogen-bond donors (Lipinski definition) is 2. The molecule has 2 N–H and O–H groups in total. The molecular weight excluding hydrogens is 164 g/mol. The summed E-state index contributed by atoms with van der Waals surface area (Å²) in [6, 6.07) is 4.25. The SMILES string of the molecule is Cc1ccc(C)n1CCNCCO. The van der Waals surface area contributed by atoms with E-state index < -0.39 is 0 Å². The molecule has 0 spiro atoms. The molecule has 0 bridgehead atoms. The zero-order valence-corrected chi connectivity index (χ0v) is 8.38. The van der Waals surface area contributed by atoms with Crippen LogP contribution in [-0.4, -0.2) is 29.4 Å². The molecule has 0 aliphatic carbocycles. The quantitative estimate of drug-likeness (QED) is 0.657. The summed E-state index contributed by atoms with van der Waals surface area (Å²) in [5.41, 5.74) is 2.59. The lowest BCUT2D eigenvalue weighted by Crippen LogP contribution is -2.23. The molecule has 74 valence electrons. The van der Waals surface area contributed by atoms with Gasteiger partial charge in [-0.3, -0.25) is 0 Å². The predicted octanol–water partition coefficient (Wildman–Crippen LogP) is 0.687. The fraction of sp³-hybridized carbons (Fsp3) is 0.600. The Labute approximate surface area is 79.4 Å². The first kappa shape index (κ1) is 10.3. The molecule has 0 radical (unpaired) electrons. The Morgan fingerprint density at radius 1 is 1.23 bits per heavy atom. The Morgan fingerprint density at radius 2 is 1.85 bits per heavy atom. The van der Waals surface area contributed by atoms with Crippen LogP contribution >= 0.6 is 0 Å². The van der Waals surface area contributed by atoms with Crippen LogP contribution in [0.25, 0.3) is 0 Å². The highest BCUT2D eigenvalue weighted by atomic mass is 16.3. The topological polar surface area (TPSA) is 37.2 Å². The average molecular weight is 182 g/mol. The van der Waals surface area contributed by atoms with E-state index in [0.717, 1.165) is 13.1 Å². The summed E-state index contributed by atoms with van der Waals surface area (Å²) in [7, 11) is 0. The van der Waals surface area contributed by atoms with Crippen molar-refractivity contribution in [3.8, 4) is 0 Å². The number of nitrogens with one attached hydrogen (secondary N) is 1. The van der Waals surface area contributed by atoms with E-state index in [9.17, 15) is 0 Å². The zero-order valence-electron chi connectivity index (χ0n) is 8.38. The zero-order chi connectivity index (χ0) is 9.68. The van der Waals surface area contributed by atoms with Crippen LogP contribution in [0.3, 0.4) is 0 Å². The minimum absolute atomic E-state index is 0.212. The van der Waals surface area contributed by atoms with E-state index in [1.807, 2.05) is 0 Å². The maximum absolute atomic E-state index is 8.56. The smallest absolute Gasteiger partial charge is 0.0555 e. The van der Waals surface area contributed by atoms with Crippen molar-refractivity contribution in [3.05, 3.63) is 23.5 Å². The Balaban J connectivity index is 2.36. The predicted molar refractivity (Wildman–Crippen MR) is 53.9 cm³/mol. The van der Waals surface area contributed by atoms with Crippen LogP contribution in [0.1, 0.15) is 11.4 Å². The molecule has 3 nitrogen and oxygen atoms in total. The Morgan fingerprint density at radius 3 is 2.38 bits per heavy atom. The molecule has 0 fully saturated rings. The maximum atomic E-state index is 8.56. The highest BCUT2D eigenvalue weighted by molar-refractivity contribution is 5.13. The van der Waals surface area contributed by atoms with Gasteiger partial charge >= 0.3 is 0 Å². The summed E-state index contributed by atoms with van der Waals surface area (Å²) in [6.45, 7) is 7.00. The van der Waals surface area contributed by atoms with Gasteiger partial charge in [0.1, 0.15) is 0 Å². The summed E-state index contributed by atoms with van der Waals surface area (Å²) in [5.74, 6) is 0. The molecule has 1 aromatic rings. The molecule has 0 saturated carbocycles. The molecule has 1 aromatic heterocycles. The largest absolute Gasteiger partial charge is 0.395 e. The van der Waals surface area contributed by atoms with Crippen LogP contribution in [0.2, 0.25) is 0 Å². The van der Waals surface area contributed by atoms with Crippen LogP contribution in [0.5, 0.6) is 0 Å². The molecule has 1 rings (SSSR count). The highest BCUT2D eigenvalue weighted by Gasteiger charge is 1.98. The number of aliphatic hydroxyl groups is 1. The van der Waals surface area contributed by atoms with Gasteiger partial charge in [-0.15, -0.1) is 0 Å². The van der Waals surface area contributed by atoms with Gasteiger partial charge in [0.15, 0.2) is 0 Å². The number of nitrogens with zero attached hydrogens (tertiary/aromatic N) is 1. The first-order valence-electron chi connectivity index (χ1n) is 4.70. The van der Waals surface area contributed by atoms with Gasteiger partial charge in [0.05, 0.1) is 6.61 Å². The third kappa shape index (κ3) is 2.86. The van der Waals surface area contributed by atoms with Crippen molar-refractivity contribution < 1.29 is 5.11 Å². The minimum atomic E-state index is 0.212. The average Bonchev–Trinajstić information content (AvgIpc) is 2.42. The molecule has 0 aliphatic heterocycles. The number of hydrogen-bond acceptors (Lipinski definition) is 2. The fourth-order valence-electron chi connectivity index (χ4n) is 1.45. The first-order chi connectivity index (χ1) is 6.25. The third-order valence-corrected chi connectivity index (χ3v) is 2.22. The molecule has 0 aliphatic rings. The van der Waals surface area contributed by atoms with E-state index in [0.29, 0.717) is 6.54 Å². The van der Waals surface area contributed by atoms with Crippen LogP contribution in [0, 0.1) is 13.8 Å². The van der Waals surface area contributed by atoms with Crippen molar-refractivity contribution in [1.82, 2.24) is 9.88 Å². The maximum Gasteiger partial charge on any atom is 0.0555 e. The Bertz CT molecular complexity index is 236. The van der Waals surface area contributed by atoms with Crippen LogP contribution in [0.4, 0.5) is 0 Å². The van der Waals surface area contributed by atoms with Crippen molar-refractivity contribution in [3.63, 3.8) is 0 Å². The summed E-state index contributed by atoms with van der Waals surface area (Å²) in [5, 5.41) is 11.7. The standard InChI is InChI=1S/C10H18N2O/c1-9-3-4-10(2)12(9)7-5-11-6-8-13/h3-4,11,13H,5-8H2,1-2H3. The fourth-order valence-corrected chi connectivity index (χ4v) is 1.45. The molecule has 0 atom stereocenters. The highest BCUT2D eigenvalue weighted by Crippen LogP contribution is 2.05. The van der Waals surface area contributed by atoms with Gasteiger partial charge in [-0.2, -0.15) is 0 Å². The van der Waals surface area contributed by atoms with Crippen molar-refractivity contribution >= 4 is 0 Å². The van der Waals surface area contributed by atoms with E-state index >= 15 is 0 Å². The second-order valence-corrected chi connectivity index (χ2v) is 3.24. The summed E-state index contributed by atoms with van der Waals surface area (Å²) in [6.07, 6.45) is 0. The van der Waals surface area contributed by atoms with Gasteiger partial charge in [-0.25, -0.2) is 0 Å². The lowest BCUT2D eigenvalue weighted by molar-refractivity contribution is 0.291. The summed E-state index contributed by atoms with van der Waals surface area (Å²) < 4.78 is 2.27. The van der Waals surface area contributed by atoms with Gasteiger partial charge in [0.2, 0.25) is 0 Å². The number of aliphatic hydroxyl groups excluding tert-OH is 1. The van der Waals surface area contributed by atoms with E-state index in [2.05, 4.69) is 35.9 Å². The third-order valence-electron chi connectivity index (χ3n) is 2.22. The van der Waals surface area contributed by atoms with Crippen molar-refractivity contribution in [2.24, 2.45) is 0 Å². The lowest BCUT2D eigenvalue weighted by atomic mass is 10.5. The molecular formula is C10H18N2O. The first-order valence-corrected chi connectivity index (χ1v) is 4.70. The molecule has 0 aromatic carbocycles. The Kier molecular flexibility index (Phi) is 3.99. The monoisotopic (exact) mass is 182 g/mol. The lowest BCUT2D eigenvalue weighted by Gasteiger charge is -2.09. The van der Waals surface area contributed by atoms with Crippen molar-refractivity contribution in [2.75, 3.05) is 19.7 Å². The molecule has 0 saturated heterocycles. The van der Waals surface area contributed by atoms with Crippen molar-refractivity contribution in [2.45, 2.75) is 20.4 Å². The van der Waals surface area contributed by atoms with E-state index in [1.54, 1.807) is 0 Å². The van der Waals surface area contributed by atoms with Gasteiger partial charge in [0, 0.05) is 31.0 Å². The van der Waals surface area contributed by atoms with Gasteiger partial charge in [-0.05, 0) is 26.0 Å². The van der Waals surface area contributed by atoms with E-state index in [1.165, 1.54) is 11.4 Å². The van der Waals surface area contributed by atoms with Gasteiger partial charge in [-0.1, -0.05) is 0 Å². The van der Waals surface area contributed by atoms with Crippen LogP contribution in [0.15, 0.2) is 12.1 Å². The Hall–Kier alpha value is -0.800. The summed E-state index contributed by atoms with van der Waals surface area (Å²) in [4.78, 5) is 0. The van der Waals surface area contributed by atoms with Gasteiger partial charge in [0.25, 0.3) is 0 Å².